The zero-order chi connectivity index (χ0) is 15.3. The van der Waals surface area contributed by atoms with Crippen molar-refractivity contribution >= 4 is 22.1 Å². The maximum absolute atomic E-state index is 12.1. The van der Waals surface area contributed by atoms with Crippen LogP contribution in [-0.4, -0.2) is 25.5 Å². The Hall–Kier alpha value is -1.66. The second-order valence-corrected chi connectivity index (χ2v) is 6.63. The lowest BCUT2D eigenvalue weighted by Gasteiger charge is -2.16. The van der Waals surface area contributed by atoms with E-state index in [1.165, 1.54) is 12.1 Å². The predicted octanol–water partition coefficient (Wildman–Crippen LogP) is 2.11. The Morgan fingerprint density at radius 2 is 1.90 bits per heavy atom. The Morgan fingerprint density at radius 3 is 2.30 bits per heavy atom. The minimum Gasteiger partial charge on any atom is -0.480 e. The first-order valence-electron chi connectivity index (χ1n) is 6.24. The molecule has 1 aromatic carbocycles. The van der Waals surface area contributed by atoms with Crippen LogP contribution >= 0.6 is 0 Å². The van der Waals surface area contributed by atoms with Crippen LogP contribution in [0.2, 0.25) is 0 Å². The third kappa shape index (κ3) is 4.47. The number of carboxylic acids is 1. The highest BCUT2D eigenvalue weighted by Gasteiger charge is 2.25. The molecule has 0 saturated carbocycles. The quantitative estimate of drug-likeness (QED) is 0.807. The summed E-state index contributed by atoms with van der Waals surface area (Å²) in [4.78, 5) is 11.1. The molecule has 20 heavy (non-hydrogen) atoms. The van der Waals surface area contributed by atoms with Gasteiger partial charge in [0.15, 0.2) is 0 Å². The van der Waals surface area contributed by atoms with Gasteiger partial charge in [0.25, 0.3) is 0 Å². The van der Waals surface area contributed by atoms with Crippen molar-refractivity contribution in [1.82, 2.24) is 4.72 Å². The lowest BCUT2D eigenvalue weighted by molar-refractivity contribution is -0.139. The summed E-state index contributed by atoms with van der Waals surface area (Å²) in [7, 11) is -3.84. The van der Waals surface area contributed by atoms with Gasteiger partial charge in [0.1, 0.15) is 6.04 Å². The molecule has 6 heteroatoms. The number of rotatable bonds is 7. The second kappa shape index (κ2) is 6.67. The van der Waals surface area contributed by atoms with Crippen LogP contribution in [-0.2, 0) is 14.8 Å². The van der Waals surface area contributed by atoms with Crippen molar-refractivity contribution in [3.63, 3.8) is 0 Å². The van der Waals surface area contributed by atoms with Gasteiger partial charge in [-0.2, -0.15) is 4.72 Å². The molecule has 0 heterocycles. The van der Waals surface area contributed by atoms with Crippen LogP contribution in [0.3, 0.4) is 0 Å². The summed E-state index contributed by atoms with van der Waals surface area (Å²) in [6.45, 7) is 7.26. The van der Waals surface area contributed by atoms with Gasteiger partial charge in [-0.15, -0.1) is 0 Å². The molecule has 1 aromatic rings. The van der Waals surface area contributed by atoms with Gasteiger partial charge in [0.2, 0.25) is 10.0 Å². The molecule has 0 radical (unpaired) electrons. The fourth-order valence-electron chi connectivity index (χ4n) is 1.71. The van der Waals surface area contributed by atoms with Crippen molar-refractivity contribution in [3.8, 4) is 0 Å². The zero-order valence-electron chi connectivity index (χ0n) is 11.5. The molecule has 1 atom stereocenters. The normalized spacial score (nSPS) is 13.2. The van der Waals surface area contributed by atoms with Gasteiger partial charge in [0, 0.05) is 0 Å². The first kappa shape index (κ1) is 16.4. The molecule has 0 amide bonds. The SMILES string of the molecule is C=Cc1ccc(S(=O)(=O)N[C@@H](CC(C)C)C(=O)O)cc1. The molecule has 2 N–H and O–H groups in total. The first-order valence-corrected chi connectivity index (χ1v) is 7.72. The highest BCUT2D eigenvalue weighted by Crippen LogP contribution is 2.14. The molecule has 5 nitrogen and oxygen atoms in total. The van der Waals surface area contributed by atoms with E-state index in [1.54, 1.807) is 18.2 Å². The smallest absolute Gasteiger partial charge is 0.321 e. The van der Waals surface area contributed by atoms with Crippen LogP contribution in [0, 0.1) is 5.92 Å². The Morgan fingerprint density at radius 1 is 1.35 bits per heavy atom. The summed E-state index contributed by atoms with van der Waals surface area (Å²) in [5.74, 6) is -1.10. The third-order valence-electron chi connectivity index (χ3n) is 2.73. The Balaban J connectivity index is 2.96. The van der Waals surface area contributed by atoms with Crippen molar-refractivity contribution in [1.29, 1.82) is 0 Å². The van der Waals surface area contributed by atoms with Gasteiger partial charge in [-0.05, 0) is 30.0 Å². The molecule has 110 valence electrons. The van der Waals surface area contributed by atoms with Gasteiger partial charge in [-0.3, -0.25) is 4.79 Å². The van der Waals surface area contributed by atoms with Gasteiger partial charge in [-0.25, -0.2) is 8.42 Å². The molecule has 1 rings (SSSR count). The van der Waals surface area contributed by atoms with E-state index in [2.05, 4.69) is 11.3 Å². The van der Waals surface area contributed by atoms with Gasteiger partial charge in [0.05, 0.1) is 4.90 Å². The predicted molar refractivity (Wildman–Crippen MR) is 77.7 cm³/mol. The number of sulfonamides is 1. The van der Waals surface area contributed by atoms with Gasteiger partial charge >= 0.3 is 5.97 Å². The maximum atomic E-state index is 12.1. The number of carboxylic acid groups (broad SMARTS) is 1. The van der Waals surface area contributed by atoms with Crippen LogP contribution in [0.25, 0.3) is 6.08 Å². The summed E-state index contributed by atoms with van der Waals surface area (Å²) in [6.07, 6.45) is 1.84. The fourth-order valence-corrected chi connectivity index (χ4v) is 2.91. The lowest BCUT2D eigenvalue weighted by Crippen LogP contribution is -2.41. The van der Waals surface area contributed by atoms with Gasteiger partial charge < -0.3 is 5.11 Å². The summed E-state index contributed by atoms with van der Waals surface area (Å²) in [6, 6.07) is 4.94. The number of benzene rings is 1. The molecule has 0 fully saturated rings. The van der Waals surface area contributed by atoms with Crippen LogP contribution in [0.1, 0.15) is 25.8 Å². The minimum atomic E-state index is -3.84. The second-order valence-electron chi connectivity index (χ2n) is 4.91. The highest BCUT2D eigenvalue weighted by atomic mass is 32.2. The van der Waals surface area contributed by atoms with Crippen LogP contribution in [0.5, 0.6) is 0 Å². The molecule has 0 unspecified atom stereocenters. The summed E-state index contributed by atoms with van der Waals surface area (Å²) in [5.41, 5.74) is 0.793. The Labute approximate surface area is 119 Å². The van der Waals surface area contributed by atoms with Crippen LogP contribution in [0.15, 0.2) is 35.7 Å². The maximum Gasteiger partial charge on any atom is 0.321 e. The van der Waals surface area contributed by atoms with Crippen molar-refractivity contribution in [2.75, 3.05) is 0 Å². The monoisotopic (exact) mass is 297 g/mol. The Bertz CT molecular complexity index is 576. The molecular weight excluding hydrogens is 278 g/mol. The first-order chi connectivity index (χ1) is 9.26. The lowest BCUT2D eigenvalue weighted by atomic mass is 10.1. The van der Waals surface area contributed by atoms with Crippen molar-refractivity contribution in [2.24, 2.45) is 5.92 Å². The van der Waals surface area contributed by atoms with Crippen LogP contribution in [0.4, 0.5) is 0 Å². The highest BCUT2D eigenvalue weighted by molar-refractivity contribution is 7.89. The third-order valence-corrected chi connectivity index (χ3v) is 4.22. The number of hydrogen-bond donors (Lipinski definition) is 2. The van der Waals surface area contributed by atoms with E-state index in [-0.39, 0.29) is 17.2 Å². The fraction of sp³-hybridized carbons (Fsp3) is 0.357. The molecule has 0 aliphatic heterocycles. The van der Waals surface area contributed by atoms with Crippen molar-refractivity contribution in [3.05, 3.63) is 36.4 Å². The van der Waals surface area contributed by atoms with E-state index in [0.717, 1.165) is 5.56 Å². The standard InChI is InChI=1S/C14H19NO4S/c1-4-11-5-7-12(8-6-11)20(18,19)15-13(14(16)17)9-10(2)3/h4-8,10,13,15H,1,9H2,2-3H3,(H,16,17)/t13-/m0/s1. The molecular formula is C14H19NO4S. The molecule has 0 aliphatic rings. The molecule has 0 aromatic heterocycles. The van der Waals surface area contributed by atoms with E-state index in [1.807, 2.05) is 13.8 Å². The summed E-state index contributed by atoms with van der Waals surface area (Å²) < 4.78 is 26.5. The van der Waals surface area contributed by atoms with Crippen molar-refractivity contribution < 1.29 is 18.3 Å². The summed E-state index contributed by atoms with van der Waals surface area (Å²) in [5, 5.41) is 9.07. The number of carbonyl (C=O) groups is 1. The topological polar surface area (TPSA) is 83.5 Å². The minimum absolute atomic E-state index is 0.0399. The van der Waals surface area contributed by atoms with E-state index < -0.39 is 22.0 Å². The number of aliphatic carboxylic acids is 1. The van der Waals surface area contributed by atoms with E-state index >= 15 is 0 Å². The van der Waals surface area contributed by atoms with E-state index in [4.69, 9.17) is 5.11 Å². The number of nitrogens with one attached hydrogen (secondary N) is 1. The molecule has 0 aliphatic carbocycles. The zero-order valence-corrected chi connectivity index (χ0v) is 12.4. The van der Waals surface area contributed by atoms with Crippen LogP contribution < -0.4 is 4.72 Å². The molecule has 0 saturated heterocycles. The molecule has 0 bridgehead atoms. The van der Waals surface area contributed by atoms with E-state index in [9.17, 15) is 13.2 Å². The average Bonchev–Trinajstić information content (AvgIpc) is 2.37. The Kier molecular flexibility index (Phi) is 5.47. The summed E-state index contributed by atoms with van der Waals surface area (Å²) >= 11 is 0. The largest absolute Gasteiger partial charge is 0.480 e. The average molecular weight is 297 g/mol. The van der Waals surface area contributed by atoms with Crippen molar-refractivity contribution in [2.45, 2.75) is 31.2 Å². The van der Waals surface area contributed by atoms with Gasteiger partial charge in [-0.1, -0.05) is 38.6 Å². The van der Waals surface area contributed by atoms with E-state index in [0.29, 0.717) is 0 Å². The number of hydrogen-bond acceptors (Lipinski definition) is 3. The molecule has 0 spiro atoms.